The van der Waals surface area contributed by atoms with Gasteiger partial charge in [0, 0.05) is 29.1 Å². The van der Waals surface area contributed by atoms with E-state index in [2.05, 4.69) is 14.6 Å². The number of hydrogen-bond acceptors (Lipinski definition) is 6. The number of hydrogen-bond donors (Lipinski definition) is 0. The Bertz CT molecular complexity index is 1460. The molecule has 4 aromatic rings. The molecule has 0 spiro atoms. The van der Waals surface area contributed by atoms with Crippen LogP contribution in [0.25, 0.3) is 16.7 Å². The number of carbonyl (C=O) groups is 1. The van der Waals surface area contributed by atoms with Gasteiger partial charge in [0.2, 0.25) is 0 Å². The molecule has 0 saturated heterocycles. The van der Waals surface area contributed by atoms with E-state index >= 15 is 0 Å². The molecule has 3 heterocycles. The van der Waals surface area contributed by atoms with Gasteiger partial charge in [-0.2, -0.15) is 5.10 Å². The Morgan fingerprint density at radius 2 is 2.00 bits per heavy atom. The Morgan fingerprint density at radius 1 is 1.25 bits per heavy atom. The molecule has 3 aromatic heterocycles. The number of rotatable bonds is 6. The third-order valence-electron chi connectivity index (χ3n) is 5.87. The Hall–Kier alpha value is -4.08. The van der Waals surface area contributed by atoms with E-state index in [1.807, 2.05) is 19.9 Å². The molecule has 10 heteroatoms. The van der Waals surface area contributed by atoms with Crippen LogP contribution in [0.5, 0.6) is 0 Å². The minimum absolute atomic E-state index is 0.145. The van der Waals surface area contributed by atoms with E-state index in [1.165, 1.54) is 33.9 Å². The fourth-order valence-corrected chi connectivity index (χ4v) is 4.23. The number of ketones is 1. The maximum Gasteiger partial charge on any atom is 0.294 e. The lowest BCUT2D eigenvalue weighted by atomic mass is 10.1. The molecule has 0 atom stereocenters. The van der Waals surface area contributed by atoms with Crippen LogP contribution in [0.4, 0.5) is 5.69 Å². The molecule has 1 aromatic carbocycles. The lowest BCUT2D eigenvalue weighted by molar-refractivity contribution is -0.384. The van der Waals surface area contributed by atoms with Crippen molar-refractivity contribution in [2.24, 2.45) is 0 Å². The van der Waals surface area contributed by atoms with Crippen LogP contribution in [0, 0.1) is 24.0 Å². The second-order valence-electron chi connectivity index (χ2n) is 8.03. The van der Waals surface area contributed by atoms with Crippen molar-refractivity contribution in [3.05, 3.63) is 80.3 Å². The van der Waals surface area contributed by atoms with Crippen LogP contribution in [0.2, 0.25) is 0 Å². The molecular weight excluding hydrogens is 412 g/mol. The highest BCUT2D eigenvalue weighted by Crippen LogP contribution is 2.38. The van der Waals surface area contributed by atoms with Crippen molar-refractivity contribution in [3.63, 3.8) is 0 Å². The zero-order chi connectivity index (χ0) is 22.6. The summed E-state index contributed by atoms with van der Waals surface area (Å²) in [7, 11) is 0. The molecule has 0 aliphatic heterocycles. The summed E-state index contributed by atoms with van der Waals surface area (Å²) >= 11 is 0. The minimum atomic E-state index is -0.513. The van der Waals surface area contributed by atoms with Gasteiger partial charge in [0.05, 0.1) is 17.7 Å². The highest BCUT2D eigenvalue weighted by molar-refractivity contribution is 5.97. The molecule has 0 radical (unpaired) electrons. The average Bonchev–Trinajstić information content (AvgIpc) is 3.42. The lowest BCUT2D eigenvalue weighted by Crippen LogP contribution is -2.25. The summed E-state index contributed by atoms with van der Waals surface area (Å²) in [5.74, 6) is -0.167. The third-order valence-corrected chi connectivity index (χ3v) is 5.87. The van der Waals surface area contributed by atoms with Crippen molar-refractivity contribution < 1.29 is 9.72 Å². The van der Waals surface area contributed by atoms with Crippen molar-refractivity contribution in [2.75, 3.05) is 0 Å². The lowest BCUT2D eigenvalue weighted by Gasteiger charge is -2.08. The average molecular weight is 432 g/mol. The van der Waals surface area contributed by atoms with E-state index in [-0.39, 0.29) is 34.7 Å². The molecule has 162 valence electrons. The molecule has 0 unspecified atom stereocenters. The van der Waals surface area contributed by atoms with Gasteiger partial charge in [0.25, 0.3) is 11.2 Å². The zero-order valence-corrected chi connectivity index (χ0v) is 17.6. The second kappa shape index (κ2) is 7.26. The quantitative estimate of drug-likeness (QED) is 0.262. The fraction of sp³-hybridized carbons (Fsp3) is 0.273. The first-order chi connectivity index (χ1) is 15.4. The van der Waals surface area contributed by atoms with Crippen LogP contribution >= 0.6 is 0 Å². The molecule has 0 amide bonds. The van der Waals surface area contributed by atoms with Gasteiger partial charge in [-0.1, -0.05) is 12.1 Å². The summed E-state index contributed by atoms with van der Waals surface area (Å²) in [6.45, 7) is 3.77. The number of aromatic nitrogens is 5. The van der Waals surface area contributed by atoms with Crippen LogP contribution in [0.1, 0.15) is 40.6 Å². The van der Waals surface area contributed by atoms with Crippen LogP contribution in [-0.2, 0) is 6.54 Å². The molecule has 5 rings (SSSR count). The van der Waals surface area contributed by atoms with Crippen molar-refractivity contribution in [3.8, 4) is 5.69 Å². The van der Waals surface area contributed by atoms with Crippen molar-refractivity contribution in [2.45, 2.75) is 39.3 Å². The second-order valence-corrected chi connectivity index (χ2v) is 8.03. The smallest absolute Gasteiger partial charge is 0.294 e. The largest absolute Gasteiger partial charge is 0.345 e. The van der Waals surface area contributed by atoms with Gasteiger partial charge in [0.15, 0.2) is 11.4 Å². The highest BCUT2D eigenvalue weighted by Gasteiger charge is 2.28. The van der Waals surface area contributed by atoms with Gasteiger partial charge < -0.3 is 4.57 Å². The molecule has 0 N–H and O–H groups in total. The van der Waals surface area contributed by atoms with Crippen molar-refractivity contribution in [1.82, 2.24) is 23.9 Å². The molecule has 1 saturated carbocycles. The number of Topliss-reactive ketones (excluding diaryl/α,β-unsaturated/α-hetero) is 1. The van der Waals surface area contributed by atoms with E-state index < -0.39 is 10.5 Å². The van der Waals surface area contributed by atoms with Gasteiger partial charge in [-0.25, -0.2) is 9.67 Å². The van der Waals surface area contributed by atoms with Gasteiger partial charge >= 0.3 is 0 Å². The number of fused-ring (bicyclic) bond motifs is 1. The Labute approximate surface area is 181 Å². The van der Waals surface area contributed by atoms with Crippen LogP contribution in [-0.4, -0.2) is 34.6 Å². The third kappa shape index (κ3) is 3.11. The predicted molar refractivity (Wildman–Crippen MR) is 116 cm³/mol. The first kappa shape index (κ1) is 19.9. The summed E-state index contributed by atoms with van der Waals surface area (Å²) in [6, 6.07) is 8.44. The molecule has 10 nitrogen and oxygen atoms in total. The summed E-state index contributed by atoms with van der Waals surface area (Å²) in [4.78, 5) is 41.1. The maximum atomic E-state index is 13.0. The molecule has 1 aliphatic rings. The summed E-state index contributed by atoms with van der Waals surface area (Å²) < 4.78 is 4.71. The monoisotopic (exact) mass is 432 g/mol. The normalized spacial score (nSPS) is 13.6. The van der Waals surface area contributed by atoms with Gasteiger partial charge in [0.1, 0.15) is 17.4 Å². The van der Waals surface area contributed by atoms with Crippen LogP contribution in [0.15, 0.2) is 47.7 Å². The van der Waals surface area contributed by atoms with E-state index in [4.69, 9.17) is 0 Å². The Morgan fingerprint density at radius 3 is 2.72 bits per heavy atom. The number of benzene rings is 1. The number of nitrogens with zero attached hydrogens (tertiary/aromatic N) is 6. The summed E-state index contributed by atoms with van der Waals surface area (Å²) in [6.07, 6.45) is 4.85. The SMILES string of the molecule is Cc1cc(C(=O)Cn2cnc3c(cnn3-c3ccccc3[N+](=O)[O-])c2=O)c(C)n1C1CC1. The first-order valence-corrected chi connectivity index (χ1v) is 10.3. The number of carbonyl (C=O) groups excluding carboxylic acids is 1. The topological polar surface area (TPSA) is 118 Å². The van der Waals surface area contributed by atoms with E-state index in [0.29, 0.717) is 11.6 Å². The number of para-hydroxylation sites is 2. The minimum Gasteiger partial charge on any atom is -0.345 e. The summed E-state index contributed by atoms with van der Waals surface area (Å²) in [5.41, 5.74) is 2.40. The van der Waals surface area contributed by atoms with E-state index in [9.17, 15) is 19.7 Å². The number of nitro groups is 1. The standard InChI is InChI=1S/C22H20N6O4/c1-13-9-16(14(2)26(13)15-7-8-15)20(29)11-25-12-23-21-17(22(25)30)10-24-27(21)18-5-3-4-6-19(18)28(31)32/h3-6,9-10,12,15H,7-8,11H2,1-2H3. The first-order valence-electron chi connectivity index (χ1n) is 10.3. The van der Waals surface area contributed by atoms with Gasteiger partial charge in [-0.15, -0.1) is 0 Å². The zero-order valence-electron chi connectivity index (χ0n) is 17.6. The highest BCUT2D eigenvalue weighted by atomic mass is 16.6. The molecular formula is C22H20N6O4. The van der Waals surface area contributed by atoms with E-state index in [1.54, 1.807) is 12.1 Å². The fourth-order valence-electron chi connectivity index (χ4n) is 4.23. The molecule has 1 fully saturated rings. The van der Waals surface area contributed by atoms with Crippen LogP contribution < -0.4 is 5.56 Å². The van der Waals surface area contributed by atoms with Crippen molar-refractivity contribution >= 4 is 22.5 Å². The predicted octanol–water partition coefficient (Wildman–Crippen LogP) is 3.13. The van der Waals surface area contributed by atoms with Crippen LogP contribution in [0.3, 0.4) is 0 Å². The summed E-state index contributed by atoms with van der Waals surface area (Å²) in [5, 5.41) is 15.7. The van der Waals surface area contributed by atoms with Gasteiger partial charge in [-0.3, -0.25) is 24.3 Å². The molecule has 0 bridgehead atoms. The molecule has 32 heavy (non-hydrogen) atoms. The Balaban J connectivity index is 1.51. The maximum absolute atomic E-state index is 13.0. The number of aryl methyl sites for hydroxylation is 1. The Kier molecular flexibility index (Phi) is 4.50. The van der Waals surface area contributed by atoms with Gasteiger partial charge in [-0.05, 0) is 38.8 Å². The molecule has 1 aliphatic carbocycles. The number of nitro benzene ring substituents is 1. The van der Waals surface area contributed by atoms with Crippen molar-refractivity contribution in [1.29, 1.82) is 0 Å². The van der Waals surface area contributed by atoms with E-state index in [0.717, 1.165) is 24.2 Å².